The van der Waals surface area contributed by atoms with Crippen molar-refractivity contribution < 1.29 is 9.13 Å². The number of allylic oxidation sites excluding steroid dienone is 1. The molecule has 0 saturated heterocycles. The highest BCUT2D eigenvalue weighted by molar-refractivity contribution is 5.43. The Balaban J connectivity index is 2.29. The smallest absolute Gasteiger partial charge is 0.142 e. The minimum Gasteiger partial charge on any atom is -0.498 e. The van der Waals surface area contributed by atoms with Gasteiger partial charge in [-0.2, -0.15) is 0 Å². The lowest BCUT2D eigenvalue weighted by Gasteiger charge is -2.03. The van der Waals surface area contributed by atoms with E-state index < -0.39 is 0 Å². The van der Waals surface area contributed by atoms with E-state index in [1.165, 1.54) is 6.20 Å². The van der Waals surface area contributed by atoms with E-state index in [0.717, 1.165) is 11.3 Å². The normalized spacial score (nSPS) is 10.8. The monoisotopic (exact) mass is 234 g/mol. The van der Waals surface area contributed by atoms with Crippen LogP contribution in [0, 0.1) is 12.7 Å². The molecule has 3 nitrogen and oxygen atoms in total. The molecule has 17 heavy (non-hydrogen) atoms. The molecule has 2 aromatic rings. The third-order valence-electron chi connectivity index (χ3n) is 2.51. The quantitative estimate of drug-likeness (QED) is 0.760. The summed E-state index contributed by atoms with van der Waals surface area (Å²) in [6.45, 7) is 8.03. The molecule has 0 atom stereocenters. The second-order valence-electron chi connectivity index (χ2n) is 3.95. The maximum absolute atomic E-state index is 13.4. The molecule has 2 rings (SSSR count). The second-order valence-corrected chi connectivity index (χ2v) is 3.95. The molecule has 0 fully saturated rings. The second kappa shape index (κ2) is 4.57. The van der Waals surface area contributed by atoms with Gasteiger partial charge in [-0.05, 0) is 25.5 Å². The van der Waals surface area contributed by atoms with Gasteiger partial charge in [0.25, 0.3) is 0 Å². The molecule has 0 aliphatic rings. The highest BCUT2D eigenvalue weighted by Crippen LogP contribution is 2.13. The van der Waals surface area contributed by atoms with Gasteiger partial charge in [-0.15, -0.1) is 0 Å². The first kappa shape index (κ1) is 11.6. The van der Waals surface area contributed by atoms with Crippen molar-refractivity contribution in [3.8, 4) is 0 Å². The number of rotatable bonds is 4. The van der Waals surface area contributed by atoms with Crippen LogP contribution in [0.4, 0.5) is 4.39 Å². The number of pyridine rings is 1. The minimum absolute atomic E-state index is 0.231. The van der Waals surface area contributed by atoms with Crippen molar-refractivity contribution >= 4 is 5.65 Å². The zero-order valence-corrected chi connectivity index (χ0v) is 10.0. The van der Waals surface area contributed by atoms with Gasteiger partial charge in [0.05, 0.1) is 18.1 Å². The Bertz CT molecular complexity index is 521. The number of aromatic nitrogens is 2. The topological polar surface area (TPSA) is 26.5 Å². The lowest BCUT2D eigenvalue weighted by atomic mass is 10.3. The van der Waals surface area contributed by atoms with E-state index in [9.17, 15) is 4.39 Å². The fraction of sp³-hybridized carbons (Fsp3) is 0.308. The predicted molar refractivity (Wildman–Crippen MR) is 64.4 cm³/mol. The summed E-state index contributed by atoms with van der Waals surface area (Å²) in [4.78, 5) is 4.39. The van der Waals surface area contributed by atoms with Gasteiger partial charge >= 0.3 is 0 Å². The number of hydrogen-bond acceptors (Lipinski definition) is 2. The fourth-order valence-corrected chi connectivity index (χ4v) is 1.70. The molecule has 0 amide bonds. The Kier molecular flexibility index (Phi) is 3.13. The molecular formula is C13H15FN2O. The molecule has 2 aromatic heterocycles. The van der Waals surface area contributed by atoms with Gasteiger partial charge in [-0.3, -0.25) is 0 Å². The third kappa shape index (κ3) is 2.46. The Morgan fingerprint density at radius 1 is 1.53 bits per heavy atom. The van der Waals surface area contributed by atoms with Gasteiger partial charge in [-0.1, -0.05) is 6.58 Å². The summed E-state index contributed by atoms with van der Waals surface area (Å²) in [7, 11) is 0. The average Bonchev–Trinajstić information content (AvgIpc) is 2.60. The zero-order chi connectivity index (χ0) is 12.4. The molecule has 0 radical (unpaired) electrons. The van der Waals surface area contributed by atoms with Gasteiger partial charge in [0, 0.05) is 18.8 Å². The van der Waals surface area contributed by atoms with E-state index in [2.05, 4.69) is 11.6 Å². The van der Waals surface area contributed by atoms with Gasteiger partial charge in [0.15, 0.2) is 0 Å². The van der Waals surface area contributed by atoms with E-state index in [-0.39, 0.29) is 5.82 Å². The van der Waals surface area contributed by atoms with Crippen LogP contribution in [0.3, 0.4) is 0 Å². The third-order valence-corrected chi connectivity index (χ3v) is 2.51. The van der Waals surface area contributed by atoms with Gasteiger partial charge < -0.3 is 9.14 Å². The van der Waals surface area contributed by atoms with Gasteiger partial charge in [0.2, 0.25) is 0 Å². The summed E-state index contributed by atoms with van der Waals surface area (Å²) in [5, 5.41) is 0. The summed E-state index contributed by atoms with van der Waals surface area (Å²) >= 11 is 0. The van der Waals surface area contributed by atoms with Crippen LogP contribution in [0.15, 0.2) is 30.8 Å². The zero-order valence-electron chi connectivity index (χ0n) is 10.0. The van der Waals surface area contributed by atoms with Crippen LogP contribution < -0.4 is 0 Å². The van der Waals surface area contributed by atoms with Crippen molar-refractivity contribution in [3.63, 3.8) is 0 Å². The molecule has 0 aliphatic heterocycles. The molecule has 0 aromatic carbocycles. The summed E-state index contributed by atoms with van der Waals surface area (Å²) in [5.41, 5.74) is 2.16. The Morgan fingerprint density at radius 3 is 3.00 bits per heavy atom. The van der Waals surface area contributed by atoms with Crippen molar-refractivity contribution in [2.75, 3.05) is 6.61 Å². The minimum atomic E-state index is -0.231. The van der Waals surface area contributed by atoms with Crippen LogP contribution in [0.25, 0.3) is 5.65 Å². The van der Waals surface area contributed by atoms with Crippen LogP contribution in [0.1, 0.15) is 18.2 Å². The fourth-order valence-electron chi connectivity index (χ4n) is 1.70. The van der Waals surface area contributed by atoms with Crippen molar-refractivity contribution in [3.05, 3.63) is 47.9 Å². The van der Waals surface area contributed by atoms with Crippen LogP contribution >= 0.6 is 0 Å². The first-order valence-corrected chi connectivity index (χ1v) is 5.54. The Labute approximate surface area is 99.5 Å². The molecule has 90 valence electrons. The molecular weight excluding hydrogens is 219 g/mol. The molecule has 0 unspecified atom stereocenters. The number of aryl methyl sites for hydroxylation is 1. The first-order chi connectivity index (χ1) is 8.10. The number of fused-ring (bicyclic) bond motifs is 1. The number of hydrogen-bond donors (Lipinski definition) is 0. The van der Waals surface area contributed by atoms with E-state index in [1.54, 1.807) is 23.6 Å². The van der Waals surface area contributed by atoms with E-state index in [4.69, 9.17) is 4.74 Å². The van der Waals surface area contributed by atoms with Crippen molar-refractivity contribution in [1.29, 1.82) is 0 Å². The highest BCUT2D eigenvalue weighted by Gasteiger charge is 2.06. The highest BCUT2D eigenvalue weighted by atomic mass is 19.1. The predicted octanol–water partition coefficient (Wildman–Crippen LogP) is 2.87. The summed E-state index contributed by atoms with van der Waals surface area (Å²) < 4.78 is 20.3. The van der Waals surface area contributed by atoms with Crippen LogP contribution in [0.5, 0.6) is 0 Å². The van der Waals surface area contributed by atoms with Crippen molar-refractivity contribution in [2.24, 2.45) is 0 Å². The van der Waals surface area contributed by atoms with Crippen LogP contribution in [-0.2, 0) is 11.2 Å². The molecule has 4 heteroatoms. The lowest BCUT2D eigenvalue weighted by Crippen LogP contribution is -1.94. The largest absolute Gasteiger partial charge is 0.498 e. The van der Waals surface area contributed by atoms with Crippen LogP contribution in [0.2, 0.25) is 0 Å². The standard InChI is InChI=1S/C13H15FN2O/c1-4-17-10(3)6-11-7-16-8-12(14)9(2)5-13(16)15-11/h5,7-8H,3-4,6H2,1-2H3. The van der Waals surface area contributed by atoms with Gasteiger partial charge in [0.1, 0.15) is 11.5 Å². The number of imidazole rings is 1. The molecule has 2 heterocycles. The van der Waals surface area contributed by atoms with Crippen molar-refractivity contribution in [2.45, 2.75) is 20.3 Å². The first-order valence-electron chi connectivity index (χ1n) is 5.54. The molecule has 0 aliphatic carbocycles. The summed E-state index contributed by atoms with van der Waals surface area (Å²) in [6.07, 6.45) is 3.78. The molecule has 0 saturated carbocycles. The Hall–Kier alpha value is -1.84. The van der Waals surface area contributed by atoms with E-state index >= 15 is 0 Å². The maximum atomic E-state index is 13.4. The summed E-state index contributed by atoms with van der Waals surface area (Å²) in [6, 6.07) is 1.72. The molecule has 0 spiro atoms. The lowest BCUT2D eigenvalue weighted by molar-refractivity contribution is 0.224. The summed E-state index contributed by atoms with van der Waals surface area (Å²) in [5.74, 6) is 0.443. The Morgan fingerprint density at radius 2 is 2.29 bits per heavy atom. The maximum Gasteiger partial charge on any atom is 0.142 e. The number of ether oxygens (including phenoxy) is 1. The number of nitrogens with zero attached hydrogens (tertiary/aromatic N) is 2. The van der Waals surface area contributed by atoms with E-state index in [1.807, 2.05) is 6.92 Å². The average molecular weight is 234 g/mol. The molecule has 0 N–H and O–H groups in total. The SMILES string of the molecule is C=C(Cc1cn2cc(F)c(C)cc2n1)OCC. The molecule has 0 bridgehead atoms. The van der Waals surface area contributed by atoms with Crippen LogP contribution in [-0.4, -0.2) is 16.0 Å². The number of halogens is 1. The van der Waals surface area contributed by atoms with Gasteiger partial charge in [-0.25, -0.2) is 9.37 Å². The van der Waals surface area contributed by atoms with Crippen molar-refractivity contribution in [1.82, 2.24) is 9.38 Å². The van der Waals surface area contributed by atoms with E-state index in [0.29, 0.717) is 24.4 Å².